The van der Waals surface area contributed by atoms with E-state index in [4.69, 9.17) is 10.5 Å². The van der Waals surface area contributed by atoms with Crippen LogP contribution in [0.5, 0.6) is 5.75 Å². The second kappa shape index (κ2) is 5.24. The molecule has 3 nitrogen and oxygen atoms in total. The first-order chi connectivity index (χ1) is 8.50. The molecule has 3 N–H and O–H groups in total. The van der Waals surface area contributed by atoms with Crippen molar-refractivity contribution in [2.24, 2.45) is 5.73 Å². The summed E-state index contributed by atoms with van der Waals surface area (Å²) in [4.78, 5) is 0. The lowest BCUT2D eigenvalue weighted by molar-refractivity contribution is 0.00131. The Morgan fingerprint density at radius 1 is 1.44 bits per heavy atom. The number of halogens is 1. The molecule has 0 aromatic heterocycles. The van der Waals surface area contributed by atoms with E-state index in [2.05, 4.69) is 0 Å². The van der Waals surface area contributed by atoms with Crippen molar-refractivity contribution < 1.29 is 14.2 Å². The SMILES string of the molecule is CC(N)c1ccc(OCC2(O)CCCC2)cc1F. The molecular formula is C14H20FNO2. The molecule has 0 bridgehead atoms. The maximum Gasteiger partial charge on any atom is 0.131 e. The normalized spacial score (nSPS) is 19.8. The molecule has 1 aliphatic carbocycles. The molecule has 0 spiro atoms. The second-order valence-corrected chi connectivity index (χ2v) is 5.19. The second-order valence-electron chi connectivity index (χ2n) is 5.19. The van der Waals surface area contributed by atoms with Gasteiger partial charge in [0.05, 0.1) is 5.60 Å². The van der Waals surface area contributed by atoms with Crippen LogP contribution in [0, 0.1) is 5.82 Å². The summed E-state index contributed by atoms with van der Waals surface area (Å²) in [5.41, 5.74) is 5.37. The number of aliphatic hydroxyl groups is 1. The van der Waals surface area contributed by atoms with Crippen molar-refractivity contribution in [3.8, 4) is 5.75 Å². The minimum absolute atomic E-state index is 0.226. The van der Waals surface area contributed by atoms with Gasteiger partial charge in [0, 0.05) is 17.7 Å². The Morgan fingerprint density at radius 3 is 2.67 bits per heavy atom. The van der Waals surface area contributed by atoms with E-state index in [1.807, 2.05) is 0 Å². The zero-order valence-corrected chi connectivity index (χ0v) is 10.7. The van der Waals surface area contributed by atoms with Gasteiger partial charge in [0.2, 0.25) is 0 Å². The number of benzene rings is 1. The van der Waals surface area contributed by atoms with E-state index in [9.17, 15) is 9.50 Å². The molecule has 4 heteroatoms. The van der Waals surface area contributed by atoms with Gasteiger partial charge in [-0.1, -0.05) is 18.9 Å². The highest BCUT2D eigenvalue weighted by Crippen LogP contribution is 2.30. The third kappa shape index (κ3) is 3.00. The molecule has 1 saturated carbocycles. The van der Waals surface area contributed by atoms with Crippen molar-refractivity contribution in [1.82, 2.24) is 0 Å². The van der Waals surface area contributed by atoms with Gasteiger partial charge in [-0.25, -0.2) is 4.39 Å². The molecule has 0 radical (unpaired) electrons. The summed E-state index contributed by atoms with van der Waals surface area (Å²) in [6, 6.07) is 4.32. The van der Waals surface area contributed by atoms with Crippen molar-refractivity contribution in [3.05, 3.63) is 29.6 Å². The summed E-state index contributed by atoms with van der Waals surface area (Å²) >= 11 is 0. The fourth-order valence-corrected chi connectivity index (χ4v) is 2.36. The monoisotopic (exact) mass is 253 g/mol. The van der Waals surface area contributed by atoms with Crippen LogP contribution in [-0.4, -0.2) is 17.3 Å². The lowest BCUT2D eigenvalue weighted by Gasteiger charge is -2.22. The van der Waals surface area contributed by atoms with Crippen molar-refractivity contribution >= 4 is 0 Å². The molecule has 0 amide bonds. The molecule has 1 fully saturated rings. The maximum atomic E-state index is 13.7. The van der Waals surface area contributed by atoms with Crippen LogP contribution in [0.2, 0.25) is 0 Å². The van der Waals surface area contributed by atoms with E-state index in [0.717, 1.165) is 25.7 Å². The Balaban J connectivity index is 2.00. The van der Waals surface area contributed by atoms with Crippen molar-refractivity contribution in [3.63, 3.8) is 0 Å². The van der Waals surface area contributed by atoms with Crippen LogP contribution in [0.4, 0.5) is 4.39 Å². The summed E-state index contributed by atoms with van der Waals surface area (Å²) < 4.78 is 19.2. The molecule has 1 aliphatic rings. The predicted octanol–water partition coefficient (Wildman–Crippen LogP) is 2.53. The Hall–Kier alpha value is -1.13. The third-order valence-electron chi connectivity index (χ3n) is 3.50. The van der Waals surface area contributed by atoms with Crippen molar-refractivity contribution in [1.29, 1.82) is 0 Å². The first-order valence-electron chi connectivity index (χ1n) is 6.40. The number of ether oxygens (including phenoxy) is 1. The predicted molar refractivity (Wildman–Crippen MR) is 67.9 cm³/mol. The van der Waals surface area contributed by atoms with Crippen LogP contribution in [-0.2, 0) is 0 Å². The molecule has 1 aromatic carbocycles. The number of nitrogens with two attached hydrogens (primary N) is 1. The van der Waals surface area contributed by atoms with E-state index < -0.39 is 5.60 Å². The van der Waals surface area contributed by atoms with Crippen LogP contribution in [0.15, 0.2) is 18.2 Å². The van der Waals surface area contributed by atoms with E-state index in [0.29, 0.717) is 11.3 Å². The molecule has 0 saturated heterocycles. The van der Waals surface area contributed by atoms with Gasteiger partial charge >= 0.3 is 0 Å². The van der Waals surface area contributed by atoms with Gasteiger partial charge in [-0.15, -0.1) is 0 Å². The number of rotatable bonds is 4. The number of hydrogen-bond acceptors (Lipinski definition) is 3. The van der Waals surface area contributed by atoms with Gasteiger partial charge in [0.1, 0.15) is 18.2 Å². The molecule has 100 valence electrons. The summed E-state index contributed by atoms with van der Waals surface area (Å²) in [6.07, 6.45) is 3.57. The van der Waals surface area contributed by atoms with Gasteiger partial charge < -0.3 is 15.6 Å². The van der Waals surface area contributed by atoms with Gasteiger partial charge in [-0.05, 0) is 25.8 Å². The summed E-state index contributed by atoms with van der Waals surface area (Å²) in [7, 11) is 0. The highest BCUT2D eigenvalue weighted by molar-refractivity contribution is 5.30. The minimum atomic E-state index is -0.740. The van der Waals surface area contributed by atoms with E-state index in [1.165, 1.54) is 6.07 Å². The van der Waals surface area contributed by atoms with Crippen LogP contribution < -0.4 is 10.5 Å². The van der Waals surface area contributed by atoms with Crippen LogP contribution >= 0.6 is 0 Å². The van der Waals surface area contributed by atoms with Crippen molar-refractivity contribution in [2.45, 2.75) is 44.2 Å². The fourth-order valence-electron chi connectivity index (χ4n) is 2.36. The average Bonchev–Trinajstić information content (AvgIpc) is 2.74. The largest absolute Gasteiger partial charge is 0.490 e. The zero-order valence-electron chi connectivity index (χ0n) is 10.7. The Labute approximate surface area is 107 Å². The third-order valence-corrected chi connectivity index (χ3v) is 3.50. The highest BCUT2D eigenvalue weighted by atomic mass is 19.1. The van der Waals surface area contributed by atoms with E-state index >= 15 is 0 Å². The molecule has 2 rings (SSSR count). The van der Waals surface area contributed by atoms with Gasteiger partial charge in [-0.2, -0.15) is 0 Å². The first kappa shape index (κ1) is 13.3. The fraction of sp³-hybridized carbons (Fsp3) is 0.571. The quantitative estimate of drug-likeness (QED) is 0.867. The zero-order chi connectivity index (χ0) is 13.2. The van der Waals surface area contributed by atoms with Crippen LogP contribution in [0.1, 0.15) is 44.2 Å². The van der Waals surface area contributed by atoms with Gasteiger partial charge in [0.25, 0.3) is 0 Å². The number of hydrogen-bond donors (Lipinski definition) is 2. The summed E-state index contributed by atoms with van der Waals surface area (Å²) in [5, 5.41) is 10.1. The molecule has 18 heavy (non-hydrogen) atoms. The van der Waals surface area contributed by atoms with Crippen LogP contribution in [0.3, 0.4) is 0 Å². The molecule has 0 heterocycles. The van der Waals surface area contributed by atoms with Gasteiger partial charge in [-0.3, -0.25) is 0 Å². The molecule has 1 unspecified atom stereocenters. The maximum absolute atomic E-state index is 13.7. The van der Waals surface area contributed by atoms with E-state index in [-0.39, 0.29) is 18.5 Å². The van der Waals surface area contributed by atoms with E-state index in [1.54, 1.807) is 19.1 Å². The smallest absolute Gasteiger partial charge is 0.131 e. The average molecular weight is 253 g/mol. The summed E-state index contributed by atoms with van der Waals surface area (Å²) in [6.45, 7) is 1.96. The standard InChI is InChI=1S/C14H20FNO2/c1-10(16)12-5-4-11(8-13(12)15)18-9-14(17)6-2-3-7-14/h4-5,8,10,17H,2-3,6-7,9,16H2,1H3. The van der Waals surface area contributed by atoms with Gasteiger partial charge in [0.15, 0.2) is 0 Å². The topological polar surface area (TPSA) is 55.5 Å². The Kier molecular flexibility index (Phi) is 3.88. The Bertz CT molecular complexity index is 414. The van der Waals surface area contributed by atoms with Crippen LogP contribution in [0.25, 0.3) is 0 Å². The highest BCUT2D eigenvalue weighted by Gasteiger charge is 2.31. The molecule has 1 aromatic rings. The Morgan fingerprint density at radius 2 is 2.11 bits per heavy atom. The first-order valence-corrected chi connectivity index (χ1v) is 6.40. The van der Waals surface area contributed by atoms with Crippen molar-refractivity contribution in [2.75, 3.05) is 6.61 Å². The molecule has 0 aliphatic heterocycles. The summed E-state index contributed by atoms with van der Waals surface area (Å²) in [5.74, 6) is 0.0816. The lowest BCUT2D eigenvalue weighted by atomic mass is 10.0. The minimum Gasteiger partial charge on any atom is -0.490 e. The lowest BCUT2D eigenvalue weighted by Crippen LogP contribution is -2.32. The molecule has 1 atom stereocenters. The molecular weight excluding hydrogens is 233 g/mol.